The summed E-state index contributed by atoms with van der Waals surface area (Å²) in [7, 11) is 0. The van der Waals surface area contributed by atoms with Crippen LogP contribution in [0.4, 0.5) is 11.4 Å². The van der Waals surface area contributed by atoms with E-state index in [-0.39, 0.29) is 23.1 Å². The Morgan fingerprint density at radius 2 is 1.69 bits per heavy atom. The van der Waals surface area contributed by atoms with Crippen LogP contribution in [-0.2, 0) is 16.1 Å². The van der Waals surface area contributed by atoms with E-state index in [1.165, 1.54) is 16.3 Å². The number of anilines is 2. The molecule has 0 saturated heterocycles. The van der Waals surface area contributed by atoms with Crippen LogP contribution < -0.4 is 16.2 Å². The molecule has 4 aromatic rings. The van der Waals surface area contributed by atoms with Crippen molar-refractivity contribution in [2.45, 2.75) is 32.5 Å². The predicted octanol–water partition coefficient (Wildman–Crippen LogP) is 3.95. The fraction of sp³-hybridized carbons (Fsp3) is 0.240. The first-order valence-corrected chi connectivity index (χ1v) is 12.0. The number of carbonyl (C=O) groups is 2. The lowest BCUT2D eigenvalue weighted by Crippen LogP contribution is -2.27. The van der Waals surface area contributed by atoms with Gasteiger partial charge >= 0.3 is 0 Å². The van der Waals surface area contributed by atoms with E-state index in [2.05, 4.69) is 27.4 Å². The van der Waals surface area contributed by atoms with Gasteiger partial charge in [-0.05, 0) is 36.4 Å². The van der Waals surface area contributed by atoms with E-state index in [0.29, 0.717) is 39.8 Å². The zero-order valence-corrected chi connectivity index (χ0v) is 20.6. The number of rotatable bonds is 7. The number of allylic oxidation sites excluding steroid dienone is 1. The Morgan fingerprint density at radius 1 is 1.03 bits per heavy atom. The third kappa shape index (κ3) is 5.12. The molecule has 0 aliphatic heterocycles. The Bertz CT molecular complexity index is 1480. The zero-order chi connectivity index (χ0) is 25.2. The molecule has 0 aliphatic rings. The highest BCUT2D eigenvalue weighted by Gasteiger charge is 2.21. The van der Waals surface area contributed by atoms with Crippen molar-refractivity contribution in [2.75, 3.05) is 16.4 Å². The molecule has 0 unspecified atom stereocenters. The fourth-order valence-electron chi connectivity index (χ4n) is 3.40. The van der Waals surface area contributed by atoms with E-state index in [1.807, 2.05) is 32.9 Å². The third-order valence-electron chi connectivity index (χ3n) is 5.23. The zero-order valence-electron chi connectivity index (χ0n) is 19.7. The lowest BCUT2D eigenvalue weighted by atomic mass is 9.95. The smallest absolute Gasteiger partial charge is 0.263 e. The summed E-state index contributed by atoms with van der Waals surface area (Å²) in [6.45, 7) is 9.54. The van der Waals surface area contributed by atoms with Gasteiger partial charge in [0.25, 0.3) is 5.56 Å². The summed E-state index contributed by atoms with van der Waals surface area (Å²) >= 11 is 1.22. The lowest BCUT2D eigenvalue weighted by molar-refractivity contribution is -0.123. The molecule has 4 rings (SSSR count). The minimum atomic E-state index is -0.498. The van der Waals surface area contributed by atoms with Crippen LogP contribution in [0.15, 0.2) is 71.1 Å². The van der Waals surface area contributed by atoms with Crippen LogP contribution in [0.25, 0.3) is 16.7 Å². The second kappa shape index (κ2) is 9.75. The average Bonchev–Trinajstić information content (AvgIpc) is 3.25. The maximum absolute atomic E-state index is 12.9. The molecule has 2 heterocycles. The Balaban J connectivity index is 1.49. The second-order valence-electron chi connectivity index (χ2n) is 8.96. The number of thioether (sulfide) groups is 1. The van der Waals surface area contributed by atoms with Crippen molar-refractivity contribution >= 4 is 51.6 Å². The van der Waals surface area contributed by atoms with Crippen LogP contribution in [0.2, 0.25) is 0 Å². The number of para-hydroxylation sites is 1. The number of hydrogen-bond donors (Lipinski definition) is 2. The second-order valence-corrected chi connectivity index (χ2v) is 9.90. The highest BCUT2D eigenvalue weighted by molar-refractivity contribution is 7.99. The van der Waals surface area contributed by atoms with Crippen molar-refractivity contribution in [3.8, 4) is 0 Å². The Labute approximate surface area is 206 Å². The van der Waals surface area contributed by atoms with Crippen molar-refractivity contribution in [2.24, 2.45) is 5.41 Å². The molecule has 9 nitrogen and oxygen atoms in total. The summed E-state index contributed by atoms with van der Waals surface area (Å²) in [5.41, 5.74) is 1.28. The van der Waals surface area contributed by atoms with Gasteiger partial charge in [0.15, 0.2) is 5.16 Å². The first-order chi connectivity index (χ1) is 16.7. The Morgan fingerprint density at radius 3 is 2.34 bits per heavy atom. The molecule has 2 aromatic carbocycles. The molecule has 2 aromatic heterocycles. The molecule has 0 aliphatic carbocycles. The summed E-state index contributed by atoms with van der Waals surface area (Å²) in [6.07, 6.45) is 1.63. The lowest BCUT2D eigenvalue weighted by Gasteiger charge is -2.17. The molecule has 2 amide bonds. The molecule has 0 radical (unpaired) electrons. The summed E-state index contributed by atoms with van der Waals surface area (Å²) in [4.78, 5) is 37.6. The highest BCUT2D eigenvalue weighted by atomic mass is 32.2. The quantitative estimate of drug-likeness (QED) is 0.300. The number of fused-ring (bicyclic) bond motifs is 3. The largest absolute Gasteiger partial charge is 0.326 e. The molecule has 35 heavy (non-hydrogen) atoms. The van der Waals surface area contributed by atoms with Gasteiger partial charge in [0.2, 0.25) is 17.6 Å². The van der Waals surface area contributed by atoms with E-state index in [4.69, 9.17) is 0 Å². The summed E-state index contributed by atoms with van der Waals surface area (Å²) in [6, 6.07) is 14.2. The van der Waals surface area contributed by atoms with Crippen LogP contribution in [0, 0.1) is 5.41 Å². The standard InChI is InChI=1S/C25H26N6O3S/c1-5-14-30-21(33)18-8-6-7-9-19(18)31-23(30)28-29-24(31)35-15-20(32)26-16-10-12-17(13-11-16)27-22(34)25(2,3)4/h5-13H,1,14-15H2,2-4H3,(H,26,32)(H,27,34). The first kappa shape index (κ1) is 24.2. The maximum Gasteiger partial charge on any atom is 0.263 e. The van der Waals surface area contributed by atoms with Gasteiger partial charge in [-0.3, -0.25) is 23.4 Å². The normalized spacial score (nSPS) is 11.5. The van der Waals surface area contributed by atoms with E-state index in [1.54, 1.807) is 46.9 Å². The molecule has 10 heteroatoms. The number of nitrogens with one attached hydrogen (secondary N) is 2. The van der Waals surface area contributed by atoms with Gasteiger partial charge in [0.05, 0.1) is 16.7 Å². The molecule has 0 fully saturated rings. The van der Waals surface area contributed by atoms with Crippen LogP contribution in [0.1, 0.15) is 20.8 Å². The summed E-state index contributed by atoms with van der Waals surface area (Å²) in [5.74, 6) is 0.182. The number of nitrogens with zero attached hydrogens (tertiary/aromatic N) is 4. The Kier molecular flexibility index (Phi) is 6.74. The number of aromatic nitrogens is 4. The molecule has 0 bridgehead atoms. The number of hydrogen-bond acceptors (Lipinski definition) is 6. The molecular formula is C25H26N6O3S. The third-order valence-corrected chi connectivity index (χ3v) is 6.16. The minimum Gasteiger partial charge on any atom is -0.326 e. The van der Waals surface area contributed by atoms with E-state index >= 15 is 0 Å². The van der Waals surface area contributed by atoms with Crippen LogP contribution in [0.5, 0.6) is 0 Å². The van der Waals surface area contributed by atoms with Gasteiger partial charge in [-0.15, -0.1) is 16.8 Å². The van der Waals surface area contributed by atoms with Crippen molar-refractivity contribution in [1.29, 1.82) is 0 Å². The molecule has 2 N–H and O–H groups in total. The predicted molar refractivity (Wildman–Crippen MR) is 139 cm³/mol. The van der Waals surface area contributed by atoms with Gasteiger partial charge in [-0.2, -0.15) is 0 Å². The van der Waals surface area contributed by atoms with Crippen molar-refractivity contribution in [3.63, 3.8) is 0 Å². The number of benzene rings is 2. The van der Waals surface area contributed by atoms with Gasteiger partial charge in [-0.25, -0.2) is 0 Å². The van der Waals surface area contributed by atoms with Crippen molar-refractivity contribution in [1.82, 2.24) is 19.2 Å². The Hall–Kier alpha value is -3.92. The molecular weight excluding hydrogens is 464 g/mol. The molecule has 0 saturated carbocycles. The summed E-state index contributed by atoms with van der Waals surface area (Å²) in [5, 5.41) is 15.2. The number of carbonyl (C=O) groups excluding carboxylic acids is 2. The highest BCUT2D eigenvalue weighted by Crippen LogP contribution is 2.23. The van der Waals surface area contributed by atoms with E-state index in [0.717, 1.165) is 0 Å². The van der Waals surface area contributed by atoms with Crippen LogP contribution in [-0.4, -0.2) is 36.7 Å². The van der Waals surface area contributed by atoms with Gasteiger partial charge in [-0.1, -0.05) is 50.7 Å². The fourth-order valence-corrected chi connectivity index (χ4v) is 4.14. The molecule has 0 spiro atoms. The first-order valence-electron chi connectivity index (χ1n) is 11.0. The van der Waals surface area contributed by atoms with Gasteiger partial charge in [0.1, 0.15) is 0 Å². The van der Waals surface area contributed by atoms with E-state index < -0.39 is 5.41 Å². The van der Waals surface area contributed by atoms with Gasteiger partial charge < -0.3 is 10.6 Å². The van der Waals surface area contributed by atoms with Gasteiger partial charge in [0, 0.05) is 23.3 Å². The summed E-state index contributed by atoms with van der Waals surface area (Å²) < 4.78 is 3.29. The van der Waals surface area contributed by atoms with Crippen LogP contribution in [0.3, 0.4) is 0 Å². The maximum atomic E-state index is 12.9. The monoisotopic (exact) mass is 490 g/mol. The van der Waals surface area contributed by atoms with Crippen LogP contribution >= 0.6 is 11.8 Å². The number of amides is 2. The van der Waals surface area contributed by atoms with Crippen molar-refractivity contribution < 1.29 is 9.59 Å². The topological polar surface area (TPSA) is 110 Å². The van der Waals surface area contributed by atoms with Crippen molar-refractivity contribution in [3.05, 3.63) is 71.5 Å². The molecule has 0 atom stereocenters. The minimum absolute atomic E-state index is 0.0859. The average molecular weight is 491 g/mol. The SMILES string of the molecule is C=CCn1c(=O)c2ccccc2n2c(SCC(=O)Nc3ccc(NC(=O)C(C)(C)C)cc3)nnc12. The van der Waals surface area contributed by atoms with E-state index in [9.17, 15) is 14.4 Å². The molecule has 180 valence electrons.